The summed E-state index contributed by atoms with van der Waals surface area (Å²) in [6, 6.07) is 16.3. The lowest BCUT2D eigenvalue weighted by molar-refractivity contribution is 0.687. The first-order valence-corrected chi connectivity index (χ1v) is 8.91. The fourth-order valence-electron chi connectivity index (χ4n) is 2.44. The molecule has 0 aliphatic heterocycles. The van der Waals surface area contributed by atoms with Crippen molar-refractivity contribution in [2.75, 3.05) is 0 Å². The maximum absolute atomic E-state index is 5.96. The molecule has 0 aliphatic rings. The Morgan fingerprint density at radius 3 is 2.57 bits per heavy atom. The Labute approximate surface area is 145 Å². The first-order valence-electron chi connectivity index (χ1n) is 7.55. The van der Waals surface area contributed by atoms with Crippen LogP contribution in [-0.4, -0.2) is 14.8 Å². The van der Waals surface area contributed by atoms with E-state index in [0.29, 0.717) is 0 Å². The molecule has 0 spiro atoms. The van der Waals surface area contributed by atoms with Gasteiger partial charge in [-0.2, -0.15) is 0 Å². The Morgan fingerprint density at radius 1 is 1.09 bits per heavy atom. The summed E-state index contributed by atoms with van der Waals surface area (Å²) < 4.78 is 2.14. The van der Waals surface area contributed by atoms with Gasteiger partial charge < -0.3 is 4.57 Å². The van der Waals surface area contributed by atoms with Crippen LogP contribution in [0.25, 0.3) is 11.4 Å². The van der Waals surface area contributed by atoms with E-state index in [1.54, 1.807) is 11.8 Å². The minimum atomic E-state index is 0.727. The number of rotatable bonds is 5. The smallest absolute Gasteiger partial charge is 0.191 e. The summed E-state index contributed by atoms with van der Waals surface area (Å²) in [4.78, 5) is 0. The Bertz CT molecular complexity index is 796. The molecule has 3 aromatic rings. The van der Waals surface area contributed by atoms with Crippen molar-refractivity contribution < 1.29 is 0 Å². The molecule has 0 fully saturated rings. The molecule has 0 N–H and O–H groups in total. The van der Waals surface area contributed by atoms with E-state index in [1.165, 1.54) is 11.1 Å². The molecular weight excluding hydrogens is 326 g/mol. The minimum absolute atomic E-state index is 0.727. The molecule has 0 atom stereocenters. The van der Waals surface area contributed by atoms with E-state index < -0.39 is 0 Å². The lowest BCUT2D eigenvalue weighted by Crippen LogP contribution is -1.99. The fraction of sp³-hybridized carbons (Fsp3) is 0.222. The first kappa shape index (κ1) is 16.1. The van der Waals surface area contributed by atoms with Gasteiger partial charge in [-0.05, 0) is 43.7 Å². The quantitative estimate of drug-likeness (QED) is 0.595. The van der Waals surface area contributed by atoms with Crippen LogP contribution in [0.1, 0.15) is 18.1 Å². The molecule has 118 valence electrons. The summed E-state index contributed by atoms with van der Waals surface area (Å²) in [5.74, 6) is 1.77. The number of thioether (sulfide) groups is 1. The van der Waals surface area contributed by atoms with Crippen molar-refractivity contribution >= 4 is 23.4 Å². The van der Waals surface area contributed by atoms with Crippen molar-refractivity contribution in [3.05, 3.63) is 64.7 Å². The highest BCUT2D eigenvalue weighted by atomic mass is 35.5. The second-order valence-corrected chi connectivity index (χ2v) is 6.71. The van der Waals surface area contributed by atoms with Crippen LogP contribution in [0.4, 0.5) is 0 Å². The summed E-state index contributed by atoms with van der Waals surface area (Å²) in [5, 5.41) is 10.4. The number of hydrogen-bond acceptors (Lipinski definition) is 3. The van der Waals surface area contributed by atoms with Crippen LogP contribution in [0.3, 0.4) is 0 Å². The highest BCUT2D eigenvalue weighted by molar-refractivity contribution is 7.98. The molecule has 0 aliphatic carbocycles. The van der Waals surface area contributed by atoms with Crippen LogP contribution in [0, 0.1) is 6.92 Å². The predicted octanol–water partition coefficient (Wildman–Crippen LogP) is 5.22. The molecule has 23 heavy (non-hydrogen) atoms. The number of aromatic nitrogens is 3. The topological polar surface area (TPSA) is 30.7 Å². The second-order valence-electron chi connectivity index (χ2n) is 5.34. The zero-order chi connectivity index (χ0) is 16.2. The van der Waals surface area contributed by atoms with Crippen LogP contribution in [0.5, 0.6) is 0 Å². The van der Waals surface area contributed by atoms with Crippen LogP contribution in [-0.2, 0) is 12.3 Å². The molecule has 2 aromatic carbocycles. The highest BCUT2D eigenvalue weighted by Crippen LogP contribution is 2.27. The summed E-state index contributed by atoms with van der Waals surface area (Å²) >= 11 is 7.68. The van der Waals surface area contributed by atoms with Crippen molar-refractivity contribution in [1.82, 2.24) is 14.8 Å². The molecule has 0 bridgehead atoms. The monoisotopic (exact) mass is 343 g/mol. The van der Waals surface area contributed by atoms with Crippen molar-refractivity contribution in [3.63, 3.8) is 0 Å². The average molecular weight is 344 g/mol. The van der Waals surface area contributed by atoms with Gasteiger partial charge in [0.15, 0.2) is 11.0 Å². The van der Waals surface area contributed by atoms with Gasteiger partial charge in [-0.3, -0.25) is 0 Å². The fourth-order valence-corrected chi connectivity index (χ4v) is 3.51. The molecule has 0 saturated heterocycles. The van der Waals surface area contributed by atoms with Crippen molar-refractivity contribution in [2.24, 2.45) is 0 Å². The van der Waals surface area contributed by atoms with Gasteiger partial charge >= 0.3 is 0 Å². The van der Waals surface area contributed by atoms with E-state index in [0.717, 1.165) is 33.9 Å². The average Bonchev–Trinajstić information content (AvgIpc) is 2.96. The van der Waals surface area contributed by atoms with Gasteiger partial charge in [0.25, 0.3) is 0 Å². The molecule has 0 unspecified atom stereocenters. The molecular formula is C18H18ClN3S. The summed E-state index contributed by atoms with van der Waals surface area (Å²) in [6.45, 7) is 5.06. The maximum Gasteiger partial charge on any atom is 0.191 e. The zero-order valence-electron chi connectivity index (χ0n) is 13.2. The van der Waals surface area contributed by atoms with E-state index in [9.17, 15) is 0 Å². The third kappa shape index (κ3) is 3.77. The summed E-state index contributed by atoms with van der Waals surface area (Å²) in [7, 11) is 0. The Kier molecular flexibility index (Phi) is 5.03. The van der Waals surface area contributed by atoms with E-state index in [-0.39, 0.29) is 0 Å². The molecule has 5 heteroatoms. The molecule has 3 nitrogen and oxygen atoms in total. The SMILES string of the molecule is CCn1c(SCc2cccc(C)c2)nnc1-c1ccc(Cl)cc1. The van der Waals surface area contributed by atoms with E-state index in [1.807, 2.05) is 24.3 Å². The second kappa shape index (κ2) is 7.20. The number of hydrogen-bond donors (Lipinski definition) is 0. The maximum atomic E-state index is 5.96. The zero-order valence-corrected chi connectivity index (χ0v) is 14.7. The number of nitrogens with zero attached hydrogens (tertiary/aromatic N) is 3. The van der Waals surface area contributed by atoms with Crippen LogP contribution >= 0.6 is 23.4 Å². The van der Waals surface area contributed by atoms with Gasteiger partial charge in [-0.1, -0.05) is 53.2 Å². The largest absolute Gasteiger partial charge is 0.302 e. The molecule has 3 rings (SSSR count). The lowest BCUT2D eigenvalue weighted by atomic mass is 10.2. The van der Waals surface area contributed by atoms with Crippen LogP contribution in [0.2, 0.25) is 5.02 Å². The Hall–Kier alpha value is -1.78. The number of halogens is 1. The van der Waals surface area contributed by atoms with E-state index >= 15 is 0 Å². The van der Waals surface area contributed by atoms with E-state index in [2.05, 4.69) is 52.9 Å². The highest BCUT2D eigenvalue weighted by Gasteiger charge is 2.13. The van der Waals surface area contributed by atoms with Gasteiger partial charge in [-0.15, -0.1) is 10.2 Å². The normalized spacial score (nSPS) is 10.9. The lowest BCUT2D eigenvalue weighted by Gasteiger charge is -2.07. The number of aryl methyl sites for hydroxylation is 1. The Balaban J connectivity index is 1.82. The summed E-state index contributed by atoms with van der Waals surface area (Å²) in [5.41, 5.74) is 3.61. The van der Waals surface area contributed by atoms with Crippen LogP contribution in [0.15, 0.2) is 53.7 Å². The minimum Gasteiger partial charge on any atom is -0.302 e. The Morgan fingerprint density at radius 2 is 1.87 bits per heavy atom. The first-order chi connectivity index (χ1) is 11.2. The predicted molar refractivity (Wildman–Crippen MR) is 96.9 cm³/mol. The third-order valence-corrected chi connectivity index (χ3v) is 4.88. The molecule has 1 aromatic heterocycles. The summed E-state index contributed by atoms with van der Waals surface area (Å²) in [6.07, 6.45) is 0. The van der Waals surface area contributed by atoms with Crippen molar-refractivity contribution in [3.8, 4) is 11.4 Å². The molecule has 1 heterocycles. The van der Waals surface area contributed by atoms with Crippen molar-refractivity contribution in [1.29, 1.82) is 0 Å². The third-order valence-electron chi connectivity index (χ3n) is 3.59. The van der Waals surface area contributed by atoms with Crippen LogP contribution < -0.4 is 0 Å². The number of benzene rings is 2. The standard InChI is InChI=1S/C18H18ClN3S/c1-3-22-17(15-7-9-16(19)10-8-15)20-21-18(22)23-12-14-6-4-5-13(2)11-14/h4-11H,3,12H2,1-2H3. The molecule has 0 saturated carbocycles. The molecule has 0 radical (unpaired) electrons. The van der Waals surface area contributed by atoms with Gasteiger partial charge in [0.05, 0.1) is 0 Å². The van der Waals surface area contributed by atoms with Gasteiger partial charge in [-0.25, -0.2) is 0 Å². The molecule has 0 amide bonds. The van der Waals surface area contributed by atoms with Gasteiger partial charge in [0, 0.05) is 22.9 Å². The van der Waals surface area contributed by atoms with Gasteiger partial charge in [0.1, 0.15) is 0 Å². The van der Waals surface area contributed by atoms with Crippen molar-refractivity contribution in [2.45, 2.75) is 31.3 Å². The van der Waals surface area contributed by atoms with E-state index in [4.69, 9.17) is 11.6 Å². The van der Waals surface area contributed by atoms with Gasteiger partial charge in [0.2, 0.25) is 0 Å².